The lowest BCUT2D eigenvalue weighted by Crippen LogP contribution is -2.63. The number of urea groups is 1. The first-order valence-corrected chi connectivity index (χ1v) is 8.87. The molecule has 1 aromatic rings. The number of hydrogen-bond acceptors (Lipinski definition) is 4. The molecule has 0 atom stereocenters. The third kappa shape index (κ3) is 3.47. The molecule has 0 aromatic carbocycles. The minimum atomic E-state index is -0.657. The molecular weight excluding hydrogens is 320 g/mol. The van der Waals surface area contributed by atoms with Crippen LogP contribution >= 0.6 is 11.5 Å². The van der Waals surface area contributed by atoms with Crippen LogP contribution in [0, 0.1) is 19.3 Å². The van der Waals surface area contributed by atoms with Crippen molar-refractivity contribution >= 4 is 22.6 Å². The molecule has 2 rings (SSSR count). The van der Waals surface area contributed by atoms with Gasteiger partial charge in [-0.3, -0.25) is 14.7 Å². The number of aromatic nitrogens is 1. The van der Waals surface area contributed by atoms with Crippen LogP contribution in [0.5, 0.6) is 0 Å². The van der Waals surface area contributed by atoms with Crippen LogP contribution in [0.2, 0.25) is 0 Å². The Balaban J connectivity index is 2.41. The molecule has 1 aromatic heterocycles. The summed E-state index contributed by atoms with van der Waals surface area (Å²) in [4.78, 5) is 18.8. The molecule has 1 saturated heterocycles. The van der Waals surface area contributed by atoms with Gasteiger partial charge < -0.3 is 0 Å². The third-order valence-corrected chi connectivity index (χ3v) is 5.25. The van der Waals surface area contributed by atoms with Crippen molar-refractivity contribution in [3.63, 3.8) is 0 Å². The summed E-state index contributed by atoms with van der Waals surface area (Å²) in [6.07, 6.45) is 6.54. The number of anilines is 1. The molecule has 0 radical (unpaired) electrons. The SMILES string of the molecule is C#CC(C)(C)N1CN(CC(=C)C)CN(c2snc(CC)c2C)C1=O. The maximum Gasteiger partial charge on any atom is 0.328 e. The summed E-state index contributed by atoms with van der Waals surface area (Å²) in [5.74, 6) is 2.74. The topological polar surface area (TPSA) is 39.7 Å². The fourth-order valence-electron chi connectivity index (χ4n) is 2.78. The summed E-state index contributed by atoms with van der Waals surface area (Å²) < 4.78 is 4.49. The number of carbonyl (C=O) groups is 1. The fourth-order valence-corrected chi connectivity index (χ4v) is 3.73. The first kappa shape index (κ1) is 18.5. The van der Waals surface area contributed by atoms with Crippen LogP contribution in [-0.4, -0.2) is 45.6 Å². The molecule has 1 fully saturated rings. The van der Waals surface area contributed by atoms with E-state index < -0.39 is 5.54 Å². The lowest BCUT2D eigenvalue weighted by molar-refractivity contribution is 0.0833. The Hall–Kier alpha value is -1.84. The average Bonchev–Trinajstić information content (AvgIpc) is 2.89. The standard InChI is InChI=1S/C18H26N4OS/c1-8-15-14(5)16(24-19-15)21-11-20(10-13(3)4)12-22(17(21)23)18(6,7)9-2/h2H,3,8,10-12H2,1,4-7H3. The zero-order valence-electron chi connectivity index (χ0n) is 15.2. The average molecular weight is 347 g/mol. The second-order valence-electron chi connectivity index (χ2n) is 6.82. The van der Waals surface area contributed by atoms with E-state index in [1.165, 1.54) is 11.5 Å². The summed E-state index contributed by atoms with van der Waals surface area (Å²) in [6, 6.07) is -0.0645. The van der Waals surface area contributed by atoms with Gasteiger partial charge in [0.05, 0.1) is 19.0 Å². The minimum Gasteiger partial charge on any atom is -0.295 e. The van der Waals surface area contributed by atoms with E-state index >= 15 is 0 Å². The number of amides is 2. The molecule has 0 saturated carbocycles. The van der Waals surface area contributed by atoms with Crippen molar-refractivity contribution in [3.05, 3.63) is 23.4 Å². The lowest BCUT2D eigenvalue weighted by Gasteiger charge is -2.46. The highest BCUT2D eigenvalue weighted by molar-refractivity contribution is 7.10. The van der Waals surface area contributed by atoms with Gasteiger partial charge in [-0.05, 0) is 45.6 Å². The van der Waals surface area contributed by atoms with Crippen LogP contribution < -0.4 is 4.90 Å². The monoisotopic (exact) mass is 346 g/mol. The Morgan fingerprint density at radius 1 is 1.46 bits per heavy atom. The molecule has 24 heavy (non-hydrogen) atoms. The van der Waals surface area contributed by atoms with Gasteiger partial charge in [0.2, 0.25) is 0 Å². The highest BCUT2D eigenvalue weighted by Crippen LogP contribution is 2.32. The molecular formula is C18H26N4OS. The summed E-state index contributed by atoms with van der Waals surface area (Å²) >= 11 is 1.38. The van der Waals surface area contributed by atoms with Crippen molar-refractivity contribution in [2.24, 2.45) is 0 Å². The first-order chi connectivity index (χ1) is 11.2. The maximum atomic E-state index is 13.1. The predicted molar refractivity (Wildman–Crippen MR) is 100 cm³/mol. The van der Waals surface area contributed by atoms with Gasteiger partial charge in [0.15, 0.2) is 0 Å². The van der Waals surface area contributed by atoms with Gasteiger partial charge in [-0.15, -0.1) is 6.42 Å². The fraction of sp³-hybridized carbons (Fsp3) is 0.556. The molecule has 1 aliphatic rings. The maximum absolute atomic E-state index is 13.1. The number of terminal acetylenes is 1. The number of rotatable bonds is 5. The highest BCUT2D eigenvalue weighted by atomic mass is 32.1. The van der Waals surface area contributed by atoms with Crippen molar-refractivity contribution in [2.75, 3.05) is 24.8 Å². The Kier molecular flexibility index (Phi) is 5.36. The van der Waals surface area contributed by atoms with Crippen LogP contribution in [0.1, 0.15) is 39.0 Å². The van der Waals surface area contributed by atoms with Gasteiger partial charge in [-0.1, -0.05) is 25.0 Å². The van der Waals surface area contributed by atoms with Crippen molar-refractivity contribution in [1.29, 1.82) is 0 Å². The Morgan fingerprint density at radius 2 is 2.12 bits per heavy atom. The van der Waals surface area contributed by atoms with Gasteiger partial charge in [0.1, 0.15) is 10.5 Å². The molecule has 2 amide bonds. The van der Waals surface area contributed by atoms with Crippen LogP contribution in [0.4, 0.5) is 9.80 Å². The number of aryl methyl sites for hydroxylation is 1. The summed E-state index contributed by atoms with van der Waals surface area (Å²) in [5, 5.41) is 0.904. The third-order valence-electron chi connectivity index (χ3n) is 4.24. The van der Waals surface area contributed by atoms with E-state index in [-0.39, 0.29) is 6.03 Å². The molecule has 0 unspecified atom stereocenters. The zero-order valence-corrected chi connectivity index (χ0v) is 16.0. The summed E-state index contributed by atoms with van der Waals surface area (Å²) in [6.45, 7) is 15.6. The highest BCUT2D eigenvalue weighted by Gasteiger charge is 2.39. The van der Waals surface area contributed by atoms with Crippen LogP contribution in [-0.2, 0) is 6.42 Å². The predicted octanol–water partition coefficient (Wildman–Crippen LogP) is 3.46. The minimum absolute atomic E-state index is 0.0645. The molecule has 5 nitrogen and oxygen atoms in total. The van der Waals surface area contributed by atoms with Gasteiger partial charge >= 0.3 is 6.03 Å². The normalized spacial score (nSPS) is 16.4. The Labute approximate surface area is 149 Å². The van der Waals surface area contributed by atoms with Crippen LogP contribution in [0.3, 0.4) is 0 Å². The summed E-state index contributed by atoms with van der Waals surface area (Å²) in [5.41, 5.74) is 2.52. The zero-order chi connectivity index (χ0) is 18.1. The lowest BCUT2D eigenvalue weighted by atomic mass is 10.0. The molecule has 1 aliphatic heterocycles. The van der Waals surface area contributed by atoms with E-state index in [0.29, 0.717) is 13.3 Å². The molecule has 0 bridgehead atoms. The van der Waals surface area contributed by atoms with Gasteiger partial charge in [0, 0.05) is 12.1 Å². The van der Waals surface area contributed by atoms with Crippen LogP contribution in [0.25, 0.3) is 0 Å². The second-order valence-corrected chi connectivity index (χ2v) is 7.58. The van der Waals surface area contributed by atoms with Gasteiger partial charge in [-0.25, -0.2) is 4.79 Å². The number of carbonyl (C=O) groups excluding carboxylic acids is 1. The van der Waals surface area contributed by atoms with Gasteiger partial charge in [-0.2, -0.15) is 4.37 Å². The van der Waals surface area contributed by atoms with Crippen molar-refractivity contribution in [3.8, 4) is 12.3 Å². The van der Waals surface area contributed by atoms with Crippen molar-refractivity contribution in [1.82, 2.24) is 14.2 Å². The van der Waals surface area contributed by atoms with E-state index in [4.69, 9.17) is 6.42 Å². The molecule has 2 heterocycles. The van der Waals surface area contributed by atoms with Gasteiger partial charge in [0.25, 0.3) is 0 Å². The van der Waals surface area contributed by atoms with E-state index in [0.717, 1.165) is 34.8 Å². The largest absolute Gasteiger partial charge is 0.328 e. The molecule has 6 heteroatoms. The number of hydrogen-bond donors (Lipinski definition) is 0. The summed E-state index contributed by atoms with van der Waals surface area (Å²) in [7, 11) is 0. The molecule has 0 aliphatic carbocycles. The quantitative estimate of drug-likeness (QED) is 0.605. The number of nitrogens with zero attached hydrogens (tertiary/aromatic N) is 4. The molecule has 130 valence electrons. The Bertz CT molecular complexity index is 686. The smallest absolute Gasteiger partial charge is 0.295 e. The first-order valence-electron chi connectivity index (χ1n) is 8.10. The van der Waals surface area contributed by atoms with E-state index in [9.17, 15) is 4.79 Å². The molecule has 0 N–H and O–H groups in total. The van der Waals surface area contributed by atoms with E-state index in [2.05, 4.69) is 28.7 Å². The second kappa shape index (κ2) is 6.96. The van der Waals surface area contributed by atoms with E-state index in [1.54, 1.807) is 9.80 Å². The van der Waals surface area contributed by atoms with E-state index in [1.807, 2.05) is 27.7 Å². The van der Waals surface area contributed by atoms with Crippen molar-refractivity contribution < 1.29 is 4.79 Å². The molecule has 0 spiro atoms. The van der Waals surface area contributed by atoms with Crippen LogP contribution in [0.15, 0.2) is 12.2 Å². The van der Waals surface area contributed by atoms with Crippen molar-refractivity contribution in [2.45, 2.75) is 46.6 Å². The Morgan fingerprint density at radius 3 is 2.62 bits per heavy atom.